The molecular weight excluding hydrogens is 222 g/mol. The molecule has 0 fully saturated rings. The Morgan fingerprint density at radius 1 is 1.11 bits per heavy atom. The van der Waals surface area contributed by atoms with Crippen molar-refractivity contribution in [2.45, 2.75) is 34.6 Å². The highest BCUT2D eigenvalue weighted by atomic mass is 15.2. The van der Waals surface area contributed by atoms with E-state index in [4.69, 9.17) is 0 Å². The van der Waals surface area contributed by atoms with Crippen LogP contribution >= 0.6 is 0 Å². The SMILES string of the molecule is CCNCC(C)(C)CN(CCN(C)C)CC(C)C. The van der Waals surface area contributed by atoms with E-state index in [1.165, 1.54) is 19.6 Å². The summed E-state index contributed by atoms with van der Waals surface area (Å²) in [5, 5.41) is 3.48. The lowest BCUT2D eigenvalue weighted by atomic mass is 9.92. The third-order valence-corrected chi connectivity index (χ3v) is 2.99. The van der Waals surface area contributed by atoms with Gasteiger partial charge in [0.1, 0.15) is 0 Å². The molecule has 110 valence electrons. The van der Waals surface area contributed by atoms with Crippen LogP contribution in [0.2, 0.25) is 0 Å². The molecule has 1 N–H and O–H groups in total. The van der Waals surface area contributed by atoms with Crippen molar-refractivity contribution in [1.29, 1.82) is 0 Å². The predicted molar refractivity (Wildman–Crippen MR) is 82.2 cm³/mol. The maximum atomic E-state index is 3.48. The summed E-state index contributed by atoms with van der Waals surface area (Å²) >= 11 is 0. The average molecular weight is 257 g/mol. The first-order valence-corrected chi connectivity index (χ1v) is 7.34. The van der Waals surface area contributed by atoms with Crippen molar-refractivity contribution in [2.75, 3.05) is 53.4 Å². The van der Waals surface area contributed by atoms with Gasteiger partial charge in [0.15, 0.2) is 0 Å². The van der Waals surface area contributed by atoms with E-state index in [-0.39, 0.29) is 0 Å². The van der Waals surface area contributed by atoms with E-state index >= 15 is 0 Å². The van der Waals surface area contributed by atoms with E-state index in [2.05, 4.69) is 63.8 Å². The van der Waals surface area contributed by atoms with Gasteiger partial charge in [0.25, 0.3) is 0 Å². The quantitative estimate of drug-likeness (QED) is 0.647. The molecule has 0 aromatic heterocycles. The predicted octanol–water partition coefficient (Wildman–Crippen LogP) is 2.14. The van der Waals surface area contributed by atoms with Gasteiger partial charge in [-0.25, -0.2) is 0 Å². The van der Waals surface area contributed by atoms with Crippen LogP contribution in [0.3, 0.4) is 0 Å². The fourth-order valence-electron chi connectivity index (χ4n) is 2.22. The molecule has 18 heavy (non-hydrogen) atoms. The molecule has 3 heteroatoms. The standard InChI is InChI=1S/C15H35N3/c1-8-16-12-15(4,5)13-18(11-14(2)3)10-9-17(6)7/h14,16H,8-13H2,1-7H3. The minimum Gasteiger partial charge on any atom is -0.316 e. The van der Waals surface area contributed by atoms with Gasteiger partial charge in [-0.15, -0.1) is 0 Å². The summed E-state index contributed by atoms with van der Waals surface area (Å²) in [6.45, 7) is 18.3. The Labute approximate surface area is 115 Å². The molecule has 0 saturated carbocycles. The average Bonchev–Trinajstić information content (AvgIpc) is 2.22. The first-order chi connectivity index (χ1) is 8.26. The van der Waals surface area contributed by atoms with Crippen LogP contribution in [0.1, 0.15) is 34.6 Å². The van der Waals surface area contributed by atoms with E-state index in [1.807, 2.05) is 0 Å². The molecule has 0 radical (unpaired) electrons. The Kier molecular flexibility index (Phi) is 8.83. The van der Waals surface area contributed by atoms with Crippen LogP contribution in [0, 0.1) is 11.3 Å². The molecular formula is C15H35N3. The van der Waals surface area contributed by atoms with Crippen molar-refractivity contribution in [2.24, 2.45) is 11.3 Å². The highest BCUT2D eigenvalue weighted by molar-refractivity contribution is 4.77. The molecule has 0 unspecified atom stereocenters. The summed E-state index contributed by atoms with van der Waals surface area (Å²) in [4.78, 5) is 4.88. The minimum atomic E-state index is 0.344. The second-order valence-electron chi connectivity index (χ2n) is 6.88. The van der Waals surface area contributed by atoms with E-state index in [0.717, 1.165) is 25.6 Å². The first-order valence-electron chi connectivity index (χ1n) is 7.34. The van der Waals surface area contributed by atoms with Gasteiger partial charge in [-0.2, -0.15) is 0 Å². The van der Waals surface area contributed by atoms with Crippen molar-refractivity contribution in [3.63, 3.8) is 0 Å². The summed E-state index contributed by atoms with van der Waals surface area (Å²) < 4.78 is 0. The number of likely N-dealkylation sites (N-methyl/N-ethyl adjacent to an activating group) is 1. The molecule has 0 aromatic carbocycles. The number of nitrogens with one attached hydrogen (secondary N) is 1. The molecule has 0 aromatic rings. The van der Waals surface area contributed by atoms with Crippen LogP contribution in [0.15, 0.2) is 0 Å². The monoisotopic (exact) mass is 257 g/mol. The van der Waals surface area contributed by atoms with E-state index in [1.54, 1.807) is 0 Å². The highest BCUT2D eigenvalue weighted by Gasteiger charge is 2.21. The minimum absolute atomic E-state index is 0.344. The summed E-state index contributed by atoms with van der Waals surface area (Å²) in [6.07, 6.45) is 0. The lowest BCUT2D eigenvalue weighted by Gasteiger charge is -2.34. The lowest BCUT2D eigenvalue weighted by molar-refractivity contribution is 0.149. The van der Waals surface area contributed by atoms with E-state index in [9.17, 15) is 0 Å². The zero-order chi connectivity index (χ0) is 14.2. The van der Waals surface area contributed by atoms with Crippen molar-refractivity contribution in [1.82, 2.24) is 15.1 Å². The van der Waals surface area contributed by atoms with Crippen LogP contribution in [0.25, 0.3) is 0 Å². The van der Waals surface area contributed by atoms with Gasteiger partial charge < -0.3 is 15.1 Å². The van der Waals surface area contributed by atoms with Crippen LogP contribution in [0.4, 0.5) is 0 Å². The van der Waals surface area contributed by atoms with Crippen LogP contribution in [0.5, 0.6) is 0 Å². The Morgan fingerprint density at radius 3 is 2.17 bits per heavy atom. The maximum Gasteiger partial charge on any atom is 0.0109 e. The fourth-order valence-corrected chi connectivity index (χ4v) is 2.22. The third kappa shape index (κ3) is 9.86. The molecule has 0 aliphatic carbocycles. The molecule has 0 saturated heterocycles. The Morgan fingerprint density at radius 2 is 1.72 bits per heavy atom. The zero-order valence-electron chi connectivity index (χ0n) is 13.7. The van der Waals surface area contributed by atoms with Crippen molar-refractivity contribution >= 4 is 0 Å². The fraction of sp³-hybridized carbons (Fsp3) is 1.00. The number of hydrogen-bond acceptors (Lipinski definition) is 3. The second-order valence-corrected chi connectivity index (χ2v) is 6.88. The van der Waals surface area contributed by atoms with Crippen molar-refractivity contribution < 1.29 is 0 Å². The Bertz CT molecular complexity index is 200. The lowest BCUT2D eigenvalue weighted by Crippen LogP contribution is -2.44. The molecule has 0 aliphatic rings. The maximum absolute atomic E-state index is 3.48. The van der Waals surface area contributed by atoms with Crippen molar-refractivity contribution in [3.8, 4) is 0 Å². The summed E-state index contributed by atoms with van der Waals surface area (Å²) in [5.74, 6) is 0.738. The Balaban J connectivity index is 4.27. The normalized spacial score (nSPS) is 13.0. The topological polar surface area (TPSA) is 18.5 Å². The van der Waals surface area contributed by atoms with Gasteiger partial charge in [-0.05, 0) is 32.0 Å². The molecule has 0 amide bonds. The summed E-state index contributed by atoms with van der Waals surface area (Å²) in [7, 11) is 4.30. The van der Waals surface area contributed by atoms with E-state index < -0.39 is 0 Å². The summed E-state index contributed by atoms with van der Waals surface area (Å²) in [5.41, 5.74) is 0.344. The van der Waals surface area contributed by atoms with Gasteiger partial charge >= 0.3 is 0 Å². The zero-order valence-corrected chi connectivity index (χ0v) is 13.7. The number of nitrogens with zero attached hydrogens (tertiary/aromatic N) is 2. The molecule has 0 aliphatic heterocycles. The third-order valence-electron chi connectivity index (χ3n) is 2.99. The Hall–Kier alpha value is -0.120. The van der Waals surface area contributed by atoms with Crippen LogP contribution in [-0.4, -0.2) is 63.2 Å². The molecule has 3 nitrogen and oxygen atoms in total. The van der Waals surface area contributed by atoms with Gasteiger partial charge in [0.2, 0.25) is 0 Å². The van der Waals surface area contributed by atoms with Gasteiger partial charge in [-0.3, -0.25) is 0 Å². The smallest absolute Gasteiger partial charge is 0.0109 e. The highest BCUT2D eigenvalue weighted by Crippen LogP contribution is 2.16. The van der Waals surface area contributed by atoms with E-state index in [0.29, 0.717) is 5.41 Å². The second kappa shape index (κ2) is 8.89. The first kappa shape index (κ1) is 17.9. The largest absolute Gasteiger partial charge is 0.316 e. The molecule has 0 bridgehead atoms. The van der Waals surface area contributed by atoms with Crippen LogP contribution < -0.4 is 5.32 Å². The summed E-state index contributed by atoms with van der Waals surface area (Å²) in [6, 6.07) is 0. The molecule has 0 heterocycles. The molecule has 0 atom stereocenters. The molecule has 0 rings (SSSR count). The number of rotatable bonds is 10. The van der Waals surface area contributed by atoms with Crippen LogP contribution in [-0.2, 0) is 0 Å². The van der Waals surface area contributed by atoms with Gasteiger partial charge in [0.05, 0.1) is 0 Å². The molecule has 0 spiro atoms. The number of hydrogen-bond donors (Lipinski definition) is 1. The van der Waals surface area contributed by atoms with Crippen molar-refractivity contribution in [3.05, 3.63) is 0 Å². The van der Waals surface area contributed by atoms with Gasteiger partial charge in [-0.1, -0.05) is 34.6 Å². The van der Waals surface area contributed by atoms with Gasteiger partial charge in [0, 0.05) is 32.7 Å².